The van der Waals surface area contributed by atoms with Gasteiger partial charge in [-0.2, -0.15) is 0 Å². The summed E-state index contributed by atoms with van der Waals surface area (Å²) >= 11 is 0. The molecule has 3 aromatic rings. The van der Waals surface area contributed by atoms with Crippen molar-refractivity contribution in [2.24, 2.45) is 0 Å². The lowest BCUT2D eigenvalue weighted by atomic mass is 9.80. The molecule has 0 aliphatic carbocycles. The molecule has 0 fully saturated rings. The Morgan fingerprint density at radius 3 is 1.66 bits per heavy atom. The molecule has 0 saturated heterocycles. The van der Waals surface area contributed by atoms with E-state index in [-0.39, 0.29) is 10.8 Å². The Bertz CT molecular complexity index is 1030. The summed E-state index contributed by atoms with van der Waals surface area (Å²) < 4.78 is 6.27. The minimum absolute atomic E-state index is 0.125. The number of hydrogen-bond acceptors (Lipinski definition) is 4. The van der Waals surface area contributed by atoms with E-state index in [1.165, 1.54) is 0 Å². The normalized spacial score (nSPS) is 13.3. The van der Waals surface area contributed by atoms with Gasteiger partial charge < -0.3 is 19.2 Å². The fraction of sp³-hybridized carbons (Fsp3) is 0.308. The fourth-order valence-electron chi connectivity index (χ4n) is 3.55. The van der Waals surface area contributed by atoms with Crippen molar-refractivity contribution in [3.8, 4) is 16.9 Å². The monoisotopic (exact) mass is 470 g/mol. The van der Waals surface area contributed by atoms with Crippen molar-refractivity contribution in [2.45, 2.75) is 52.4 Å². The molecule has 32 heavy (non-hydrogen) atoms. The van der Waals surface area contributed by atoms with Gasteiger partial charge in [0.2, 0.25) is 0 Å². The van der Waals surface area contributed by atoms with Crippen molar-refractivity contribution in [3.63, 3.8) is 0 Å². The molecule has 0 aliphatic rings. The van der Waals surface area contributed by atoms with Gasteiger partial charge in [0.05, 0.1) is 0 Å². The Morgan fingerprint density at radius 1 is 0.625 bits per heavy atom. The van der Waals surface area contributed by atoms with Crippen molar-refractivity contribution >= 4 is 27.4 Å². The van der Waals surface area contributed by atoms with E-state index in [4.69, 9.17) is 4.52 Å². The zero-order valence-corrected chi connectivity index (χ0v) is 21.3. The van der Waals surface area contributed by atoms with Gasteiger partial charge in [0.25, 0.3) is 8.38 Å². The third-order valence-corrected chi connectivity index (χ3v) is 7.14. The van der Waals surface area contributed by atoms with Crippen molar-refractivity contribution in [1.29, 1.82) is 0 Å². The molecule has 4 nitrogen and oxygen atoms in total. The highest BCUT2D eigenvalue weighted by molar-refractivity contribution is 7.55. The molecule has 0 radical (unpaired) electrons. The van der Waals surface area contributed by atoms with Gasteiger partial charge in [-0.05, 0) is 46.2 Å². The van der Waals surface area contributed by atoms with E-state index in [0.717, 1.165) is 33.3 Å². The van der Waals surface area contributed by atoms with Crippen LogP contribution in [-0.2, 0) is 10.8 Å². The van der Waals surface area contributed by atoms with E-state index in [0.29, 0.717) is 5.30 Å². The number of hydrogen-bond donors (Lipinski definition) is 3. The first-order valence-corrected chi connectivity index (χ1v) is 13.0. The summed E-state index contributed by atoms with van der Waals surface area (Å²) in [7, 11) is -3.98. The van der Waals surface area contributed by atoms with E-state index < -0.39 is 16.8 Å². The van der Waals surface area contributed by atoms with Crippen LogP contribution in [0, 0.1) is 0 Å². The quantitative estimate of drug-likeness (QED) is 0.408. The van der Waals surface area contributed by atoms with Gasteiger partial charge in [0, 0.05) is 21.7 Å². The molecule has 0 aliphatic heterocycles. The summed E-state index contributed by atoms with van der Waals surface area (Å²) in [5.74, 6) is 0.761. The summed E-state index contributed by atoms with van der Waals surface area (Å²) in [5, 5.41) is 1.22. The molecule has 0 heterocycles. The van der Waals surface area contributed by atoms with Crippen LogP contribution < -0.4 is 15.1 Å². The molecule has 1 unspecified atom stereocenters. The van der Waals surface area contributed by atoms with Crippen molar-refractivity contribution in [3.05, 3.63) is 77.9 Å². The fourth-order valence-corrected chi connectivity index (χ4v) is 4.90. The maximum atomic E-state index is 11.0. The standard InChI is InChI=1S/C26H32O4P2/c1-25(2,3)22-11-8-12-23(26(4,5)6)24(22)30-32(29)20-15-13-18(14-16-20)19-9-7-10-21(17-19)31(27)28/h7-17,27-29H,1-6H3. The van der Waals surface area contributed by atoms with Crippen molar-refractivity contribution in [2.75, 3.05) is 0 Å². The molecular weight excluding hydrogens is 438 g/mol. The van der Waals surface area contributed by atoms with Crippen molar-refractivity contribution < 1.29 is 19.2 Å². The molecule has 170 valence electrons. The van der Waals surface area contributed by atoms with E-state index >= 15 is 0 Å². The zero-order valence-electron chi connectivity index (χ0n) is 19.5. The van der Waals surface area contributed by atoms with Crippen LogP contribution in [-0.4, -0.2) is 14.7 Å². The number of rotatable bonds is 5. The van der Waals surface area contributed by atoms with Gasteiger partial charge >= 0.3 is 0 Å². The molecule has 3 N–H and O–H groups in total. The van der Waals surface area contributed by atoms with Crippen LogP contribution in [0.4, 0.5) is 0 Å². The second-order valence-corrected chi connectivity index (χ2v) is 12.3. The van der Waals surface area contributed by atoms with Gasteiger partial charge in [-0.25, -0.2) is 0 Å². The van der Waals surface area contributed by atoms with Crippen LogP contribution in [0.25, 0.3) is 11.1 Å². The van der Waals surface area contributed by atoms with Crippen LogP contribution in [0.2, 0.25) is 0 Å². The Morgan fingerprint density at radius 2 is 1.16 bits per heavy atom. The number of benzene rings is 3. The van der Waals surface area contributed by atoms with Crippen LogP contribution >= 0.6 is 16.8 Å². The van der Waals surface area contributed by atoms with Crippen molar-refractivity contribution in [1.82, 2.24) is 0 Å². The van der Waals surface area contributed by atoms with Gasteiger partial charge in [0.15, 0.2) is 8.38 Å². The van der Waals surface area contributed by atoms with Gasteiger partial charge in [-0.3, -0.25) is 0 Å². The molecule has 0 spiro atoms. The summed E-state index contributed by atoms with van der Waals surface area (Å²) in [5.41, 5.74) is 3.72. The average Bonchev–Trinajstić information content (AvgIpc) is 2.72. The molecule has 0 amide bonds. The molecular formula is C26H32O4P2. The third kappa shape index (κ3) is 5.76. The second kappa shape index (κ2) is 9.59. The number of para-hydroxylation sites is 1. The summed E-state index contributed by atoms with van der Waals surface area (Å²) in [6, 6.07) is 21.0. The highest BCUT2D eigenvalue weighted by Gasteiger charge is 2.28. The Hall–Kier alpha value is -1.80. The van der Waals surface area contributed by atoms with Crippen LogP contribution in [0.3, 0.4) is 0 Å². The minimum Gasteiger partial charge on any atom is -0.443 e. The largest absolute Gasteiger partial charge is 0.443 e. The molecule has 3 aromatic carbocycles. The van der Waals surface area contributed by atoms with Crippen LogP contribution in [0.15, 0.2) is 66.7 Å². The van der Waals surface area contributed by atoms with E-state index in [1.807, 2.05) is 30.3 Å². The SMILES string of the molecule is CC(C)(C)c1cccc(C(C)(C)C)c1OP(O)c1ccc(-c2cccc(P(O)O)c2)cc1. The van der Waals surface area contributed by atoms with Gasteiger partial charge in [0.1, 0.15) is 5.75 Å². The molecule has 0 bridgehead atoms. The Balaban J connectivity index is 1.92. The maximum absolute atomic E-state index is 11.0. The highest BCUT2D eigenvalue weighted by atomic mass is 31.2. The predicted molar refractivity (Wildman–Crippen MR) is 136 cm³/mol. The molecule has 0 saturated carbocycles. The summed E-state index contributed by atoms with van der Waals surface area (Å²) in [6.07, 6.45) is 0. The molecule has 6 heteroatoms. The molecule has 0 aromatic heterocycles. The van der Waals surface area contributed by atoms with Gasteiger partial charge in [-0.1, -0.05) is 84.0 Å². The first kappa shape index (κ1) is 24.8. The molecule has 1 atom stereocenters. The topological polar surface area (TPSA) is 69.9 Å². The van der Waals surface area contributed by atoms with Crippen LogP contribution in [0.1, 0.15) is 52.7 Å². The average molecular weight is 470 g/mol. The van der Waals surface area contributed by atoms with E-state index in [1.54, 1.807) is 18.2 Å². The van der Waals surface area contributed by atoms with E-state index in [2.05, 4.69) is 59.7 Å². The van der Waals surface area contributed by atoms with Crippen LogP contribution in [0.5, 0.6) is 5.75 Å². The Labute approximate surface area is 193 Å². The zero-order chi connectivity index (χ0) is 23.7. The van der Waals surface area contributed by atoms with E-state index in [9.17, 15) is 14.7 Å². The first-order chi connectivity index (χ1) is 14.9. The predicted octanol–water partition coefficient (Wildman–Crippen LogP) is 5.88. The molecule has 3 rings (SSSR count). The maximum Gasteiger partial charge on any atom is 0.262 e. The summed E-state index contributed by atoms with van der Waals surface area (Å²) in [6.45, 7) is 12.9. The summed E-state index contributed by atoms with van der Waals surface area (Å²) in [4.78, 5) is 30.0. The lowest BCUT2D eigenvalue weighted by Gasteiger charge is -2.30. The van der Waals surface area contributed by atoms with Gasteiger partial charge in [-0.15, -0.1) is 0 Å². The second-order valence-electron chi connectivity index (χ2n) is 9.93. The smallest absolute Gasteiger partial charge is 0.262 e. The first-order valence-electron chi connectivity index (χ1n) is 10.6. The third-order valence-electron chi connectivity index (χ3n) is 5.31. The Kier molecular flexibility index (Phi) is 7.44. The minimum atomic E-state index is -2.13. The lowest BCUT2D eigenvalue weighted by molar-refractivity contribution is 0.460. The lowest BCUT2D eigenvalue weighted by Crippen LogP contribution is -2.19. The highest BCUT2D eigenvalue weighted by Crippen LogP contribution is 2.45.